The van der Waals surface area contributed by atoms with E-state index in [0.29, 0.717) is 10.5 Å². The quantitative estimate of drug-likeness (QED) is 0.814. The summed E-state index contributed by atoms with van der Waals surface area (Å²) in [7, 11) is -0.0500. The van der Waals surface area contributed by atoms with E-state index < -0.39 is 22.6 Å². The zero-order chi connectivity index (χ0) is 14.5. The van der Waals surface area contributed by atoms with Crippen molar-refractivity contribution in [1.29, 1.82) is 0 Å². The van der Waals surface area contributed by atoms with Crippen LogP contribution in [0.2, 0.25) is 0 Å². The van der Waals surface area contributed by atoms with Crippen molar-refractivity contribution in [3.8, 4) is 0 Å². The van der Waals surface area contributed by atoms with Gasteiger partial charge in [0.2, 0.25) is 0 Å². The lowest BCUT2D eigenvalue weighted by Gasteiger charge is -2.05. The molecule has 3 nitrogen and oxygen atoms in total. The maximum absolute atomic E-state index is 13.7. The van der Waals surface area contributed by atoms with Gasteiger partial charge in [-0.3, -0.25) is 4.21 Å². The summed E-state index contributed by atoms with van der Waals surface area (Å²) in [5.41, 5.74) is 0.444. The molecule has 0 aliphatic heterocycles. The van der Waals surface area contributed by atoms with Crippen LogP contribution in [0, 0.1) is 5.82 Å². The minimum atomic E-state index is -1.24. The van der Waals surface area contributed by atoms with Crippen LogP contribution in [0.15, 0.2) is 53.4 Å². The highest BCUT2D eigenvalue weighted by Gasteiger charge is 2.13. The van der Waals surface area contributed by atoms with Crippen LogP contribution in [0.1, 0.15) is 15.9 Å². The van der Waals surface area contributed by atoms with E-state index in [4.69, 9.17) is 0 Å². The van der Waals surface area contributed by atoms with Crippen LogP contribution in [0.25, 0.3) is 0 Å². The second-order valence-corrected chi connectivity index (χ2v) is 5.56. The number of hydrogen-bond acceptors (Lipinski definition) is 3. The average molecular weight is 292 g/mol. The maximum Gasteiger partial charge on any atom is 0.340 e. The number of rotatable bonds is 4. The van der Waals surface area contributed by atoms with Gasteiger partial charge in [-0.25, -0.2) is 9.18 Å². The van der Waals surface area contributed by atoms with Gasteiger partial charge in [0.15, 0.2) is 0 Å². The van der Waals surface area contributed by atoms with E-state index in [1.807, 2.05) is 6.07 Å². The maximum atomic E-state index is 13.7. The molecule has 20 heavy (non-hydrogen) atoms. The highest BCUT2D eigenvalue weighted by atomic mass is 32.2. The van der Waals surface area contributed by atoms with Gasteiger partial charge in [0, 0.05) is 4.90 Å². The van der Waals surface area contributed by atoms with Gasteiger partial charge in [-0.1, -0.05) is 24.3 Å². The van der Waals surface area contributed by atoms with E-state index in [0.717, 1.165) is 0 Å². The molecule has 1 atom stereocenters. The van der Waals surface area contributed by atoms with Crippen LogP contribution in [0.5, 0.6) is 0 Å². The fourth-order valence-electron chi connectivity index (χ4n) is 1.73. The summed E-state index contributed by atoms with van der Waals surface area (Å²) < 4.78 is 30.3. The van der Waals surface area contributed by atoms with Crippen molar-refractivity contribution in [2.75, 3.05) is 7.11 Å². The van der Waals surface area contributed by atoms with Crippen LogP contribution in [0.4, 0.5) is 4.39 Å². The van der Waals surface area contributed by atoms with Crippen molar-refractivity contribution in [2.45, 2.75) is 10.6 Å². The van der Waals surface area contributed by atoms with Gasteiger partial charge in [0.05, 0.1) is 29.2 Å². The molecule has 0 spiro atoms. The Hall–Kier alpha value is -2.01. The number of ether oxygens (including phenoxy) is 1. The van der Waals surface area contributed by atoms with E-state index in [1.165, 1.54) is 19.2 Å². The Morgan fingerprint density at radius 3 is 2.50 bits per heavy atom. The van der Waals surface area contributed by atoms with E-state index in [2.05, 4.69) is 4.74 Å². The van der Waals surface area contributed by atoms with E-state index in [1.54, 1.807) is 30.3 Å². The minimum absolute atomic E-state index is 0.123. The molecule has 2 rings (SSSR count). The summed E-state index contributed by atoms with van der Waals surface area (Å²) in [6, 6.07) is 13.1. The zero-order valence-corrected chi connectivity index (χ0v) is 11.7. The predicted molar refractivity (Wildman–Crippen MR) is 74.3 cm³/mol. The molecule has 0 saturated carbocycles. The lowest BCUT2D eigenvalue weighted by Crippen LogP contribution is -2.05. The zero-order valence-electron chi connectivity index (χ0n) is 10.8. The second kappa shape index (κ2) is 6.43. The molecule has 0 aliphatic carbocycles. The first-order chi connectivity index (χ1) is 9.61. The molecule has 0 aliphatic rings. The number of esters is 1. The average Bonchev–Trinajstić information content (AvgIpc) is 2.47. The van der Waals surface area contributed by atoms with Crippen LogP contribution in [0.3, 0.4) is 0 Å². The molecule has 2 aromatic carbocycles. The minimum Gasteiger partial charge on any atom is -0.465 e. The predicted octanol–water partition coefficient (Wildman–Crippen LogP) is 2.92. The number of carbonyl (C=O) groups is 1. The third-order valence-corrected chi connectivity index (χ3v) is 4.14. The largest absolute Gasteiger partial charge is 0.465 e. The smallest absolute Gasteiger partial charge is 0.340 e. The van der Waals surface area contributed by atoms with Gasteiger partial charge in [0.25, 0.3) is 0 Å². The Balaban J connectivity index is 2.17. The normalized spacial score (nSPS) is 11.9. The molecule has 104 valence electrons. The second-order valence-electron chi connectivity index (χ2n) is 4.11. The molecular weight excluding hydrogens is 279 g/mol. The molecular formula is C15H13FO3S. The highest BCUT2D eigenvalue weighted by molar-refractivity contribution is 7.84. The third kappa shape index (κ3) is 3.30. The van der Waals surface area contributed by atoms with Crippen LogP contribution in [-0.4, -0.2) is 17.3 Å². The molecule has 0 amide bonds. The number of halogens is 1. The van der Waals surface area contributed by atoms with Crippen LogP contribution in [-0.2, 0) is 21.3 Å². The molecule has 0 saturated heterocycles. The Morgan fingerprint density at radius 1 is 1.20 bits per heavy atom. The van der Waals surface area contributed by atoms with E-state index in [-0.39, 0.29) is 11.3 Å². The molecule has 0 N–H and O–H groups in total. The summed E-state index contributed by atoms with van der Waals surface area (Å²) in [4.78, 5) is 12.0. The molecule has 0 fully saturated rings. The van der Waals surface area contributed by atoms with Crippen molar-refractivity contribution in [3.05, 3.63) is 65.5 Å². The SMILES string of the molecule is COC(=O)c1ccc(CS(=O)c2ccccc2)cc1F. The van der Waals surface area contributed by atoms with Crippen molar-refractivity contribution < 1.29 is 18.1 Å². The standard InChI is InChI=1S/C15H13FO3S/c1-19-15(17)13-8-7-11(9-14(13)16)10-20(18)12-5-3-2-4-6-12/h2-9H,10H2,1H3. The van der Waals surface area contributed by atoms with Crippen molar-refractivity contribution in [1.82, 2.24) is 0 Å². The lowest BCUT2D eigenvalue weighted by atomic mass is 10.1. The van der Waals surface area contributed by atoms with E-state index >= 15 is 0 Å². The fraction of sp³-hybridized carbons (Fsp3) is 0.133. The number of carbonyl (C=O) groups excluding carboxylic acids is 1. The topological polar surface area (TPSA) is 43.4 Å². The highest BCUT2D eigenvalue weighted by Crippen LogP contribution is 2.16. The Kier molecular flexibility index (Phi) is 4.63. The van der Waals surface area contributed by atoms with Gasteiger partial charge in [-0.05, 0) is 29.8 Å². The Bertz CT molecular complexity index is 641. The van der Waals surface area contributed by atoms with Crippen molar-refractivity contribution in [3.63, 3.8) is 0 Å². The molecule has 0 aromatic heterocycles. The summed E-state index contributed by atoms with van der Waals surface area (Å²) in [5, 5.41) is 0. The number of hydrogen-bond donors (Lipinski definition) is 0. The van der Waals surface area contributed by atoms with Gasteiger partial charge >= 0.3 is 5.97 Å². The summed E-state index contributed by atoms with van der Waals surface area (Å²) >= 11 is 0. The van der Waals surface area contributed by atoms with Crippen molar-refractivity contribution in [2.24, 2.45) is 0 Å². The van der Waals surface area contributed by atoms with Gasteiger partial charge in [0.1, 0.15) is 5.82 Å². The molecule has 5 heteroatoms. The number of benzene rings is 2. The fourth-order valence-corrected chi connectivity index (χ4v) is 2.84. The summed E-state index contributed by atoms with van der Waals surface area (Å²) in [6.07, 6.45) is 0. The molecule has 0 radical (unpaired) electrons. The summed E-state index contributed by atoms with van der Waals surface area (Å²) in [5.74, 6) is -1.19. The number of methoxy groups -OCH3 is 1. The van der Waals surface area contributed by atoms with Crippen LogP contribution >= 0.6 is 0 Å². The van der Waals surface area contributed by atoms with Gasteiger partial charge in [-0.15, -0.1) is 0 Å². The first kappa shape index (κ1) is 14.4. The third-order valence-electron chi connectivity index (χ3n) is 2.74. The molecule has 0 bridgehead atoms. The Morgan fingerprint density at radius 2 is 1.90 bits per heavy atom. The first-order valence-corrected chi connectivity index (χ1v) is 7.24. The van der Waals surface area contributed by atoms with E-state index in [9.17, 15) is 13.4 Å². The van der Waals surface area contributed by atoms with Crippen molar-refractivity contribution >= 4 is 16.8 Å². The monoisotopic (exact) mass is 292 g/mol. The molecule has 0 heterocycles. The van der Waals surface area contributed by atoms with Gasteiger partial charge < -0.3 is 4.74 Å². The lowest BCUT2D eigenvalue weighted by molar-refractivity contribution is 0.0595. The van der Waals surface area contributed by atoms with Gasteiger partial charge in [-0.2, -0.15) is 0 Å². The Labute approximate surface area is 118 Å². The molecule has 2 aromatic rings. The molecule has 1 unspecified atom stereocenters. The van der Waals surface area contributed by atoms with Crippen LogP contribution < -0.4 is 0 Å². The first-order valence-electron chi connectivity index (χ1n) is 5.92. The summed E-state index contributed by atoms with van der Waals surface area (Å²) in [6.45, 7) is 0.